The maximum Gasteiger partial charge on any atom is 0.228 e. The van der Waals surface area contributed by atoms with Gasteiger partial charge in [-0.2, -0.15) is 0 Å². The largest absolute Gasteiger partial charge is 0.328 e. The summed E-state index contributed by atoms with van der Waals surface area (Å²) in [6, 6.07) is 4.23. The molecule has 1 heterocycles. The van der Waals surface area contributed by atoms with Gasteiger partial charge in [0.25, 0.3) is 0 Å². The molecule has 94 valence electrons. The number of aryl methyl sites for hydroxylation is 2. The molecule has 0 radical (unpaired) electrons. The zero-order chi connectivity index (χ0) is 13.1. The van der Waals surface area contributed by atoms with Crippen LogP contribution in [0, 0.1) is 12.7 Å². The maximum absolute atomic E-state index is 13.2. The zero-order valence-corrected chi connectivity index (χ0v) is 10.5. The molecule has 1 aromatic heterocycles. The number of hydrogen-bond acceptors (Lipinski definition) is 2. The first-order valence-electron chi connectivity index (χ1n) is 5.95. The quantitative estimate of drug-likeness (QED) is 0.777. The number of carbonyl (C=O) groups excluding carboxylic acids is 1. The lowest BCUT2D eigenvalue weighted by atomic mass is 10.0. The second-order valence-electron chi connectivity index (χ2n) is 4.23. The number of rotatable bonds is 4. The van der Waals surface area contributed by atoms with Crippen LogP contribution in [0.2, 0.25) is 0 Å². The predicted octanol–water partition coefficient (Wildman–Crippen LogP) is 2.97. The predicted molar refractivity (Wildman–Crippen MR) is 67.1 cm³/mol. The van der Waals surface area contributed by atoms with E-state index in [1.807, 2.05) is 6.92 Å². The first kappa shape index (κ1) is 12.5. The van der Waals surface area contributed by atoms with E-state index in [1.54, 1.807) is 30.0 Å². The third-order valence-corrected chi connectivity index (χ3v) is 2.83. The molecular weight excluding hydrogens is 231 g/mol. The minimum atomic E-state index is -0.405. The minimum Gasteiger partial charge on any atom is -0.328 e. The van der Waals surface area contributed by atoms with Gasteiger partial charge in [-0.1, -0.05) is 13.0 Å². The molecule has 0 aliphatic rings. The molecule has 0 bridgehead atoms. The number of nitrogens with zero attached hydrogens (tertiary/aromatic N) is 2. The van der Waals surface area contributed by atoms with Gasteiger partial charge < -0.3 is 4.57 Å². The van der Waals surface area contributed by atoms with Gasteiger partial charge in [0.2, 0.25) is 5.78 Å². The molecule has 18 heavy (non-hydrogen) atoms. The highest BCUT2D eigenvalue weighted by Crippen LogP contribution is 2.15. The lowest BCUT2D eigenvalue weighted by molar-refractivity contribution is 0.102. The first-order valence-corrected chi connectivity index (χ1v) is 5.95. The molecule has 3 nitrogen and oxygen atoms in total. The molecule has 2 rings (SSSR count). The molecule has 0 saturated heterocycles. The van der Waals surface area contributed by atoms with Crippen LogP contribution >= 0.6 is 0 Å². The maximum atomic E-state index is 13.2. The van der Waals surface area contributed by atoms with Gasteiger partial charge in [0.1, 0.15) is 5.82 Å². The SMILES string of the molecule is CCCn1ccnc1C(=O)c1cc(F)ccc1C. The second-order valence-corrected chi connectivity index (χ2v) is 4.23. The van der Waals surface area contributed by atoms with Crippen molar-refractivity contribution in [1.29, 1.82) is 0 Å². The van der Waals surface area contributed by atoms with Crippen molar-refractivity contribution in [1.82, 2.24) is 9.55 Å². The van der Waals surface area contributed by atoms with Crippen molar-refractivity contribution in [3.05, 3.63) is 53.4 Å². The molecule has 4 heteroatoms. The molecule has 2 aromatic rings. The number of benzene rings is 1. The number of halogens is 1. The summed E-state index contributed by atoms with van der Waals surface area (Å²) in [7, 11) is 0. The second kappa shape index (κ2) is 5.12. The summed E-state index contributed by atoms with van der Waals surface area (Å²) in [6.07, 6.45) is 4.28. The van der Waals surface area contributed by atoms with Crippen molar-refractivity contribution in [2.45, 2.75) is 26.8 Å². The van der Waals surface area contributed by atoms with Crippen LogP contribution in [-0.2, 0) is 6.54 Å². The summed E-state index contributed by atoms with van der Waals surface area (Å²) in [5.41, 5.74) is 1.13. The fraction of sp³-hybridized carbons (Fsp3) is 0.286. The Hall–Kier alpha value is -1.97. The van der Waals surface area contributed by atoms with Gasteiger partial charge in [-0.15, -0.1) is 0 Å². The van der Waals surface area contributed by atoms with Crippen LogP contribution in [0.3, 0.4) is 0 Å². The minimum absolute atomic E-state index is 0.231. The van der Waals surface area contributed by atoms with E-state index in [2.05, 4.69) is 4.98 Å². The molecule has 0 aliphatic carbocycles. The van der Waals surface area contributed by atoms with E-state index in [1.165, 1.54) is 12.1 Å². The summed E-state index contributed by atoms with van der Waals surface area (Å²) in [4.78, 5) is 16.4. The number of ketones is 1. The third kappa shape index (κ3) is 2.32. The summed E-state index contributed by atoms with van der Waals surface area (Å²) >= 11 is 0. The molecule has 0 N–H and O–H groups in total. The van der Waals surface area contributed by atoms with E-state index in [0.717, 1.165) is 18.5 Å². The highest BCUT2D eigenvalue weighted by molar-refractivity contribution is 6.07. The van der Waals surface area contributed by atoms with Gasteiger partial charge in [0.05, 0.1) is 0 Å². The van der Waals surface area contributed by atoms with Crippen LogP contribution in [-0.4, -0.2) is 15.3 Å². The van der Waals surface area contributed by atoms with Gasteiger partial charge >= 0.3 is 0 Å². The highest BCUT2D eigenvalue weighted by Gasteiger charge is 2.17. The standard InChI is InChI=1S/C14H15FN2O/c1-3-7-17-8-6-16-14(17)13(18)12-9-11(15)5-4-10(12)2/h4-6,8-9H,3,7H2,1-2H3. The van der Waals surface area contributed by atoms with Crippen LogP contribution in [0.4, 0.5) is 4.39 Å². The molecule has 0 saturated carbocycles. The van der Waals surface area contributed by atoms with Gasteiger partial charge in [-0.05, 0) is 31.0 Å². The fourth-order valence-electron chi connectivity index (χ4n) is 1.90. The lowest BCUT2D eigenvalue weighted by Gasteiger charge is -2.07. The van der Waals surface area contributed by atoms with Gasteiger partial charge in [0, 0.05) is 24.5 Å². The lowest BCUT2D eigenvalue weighted by Crippen LogP contribution is -2.12. The molecule has 0 unspecified atom stereocenters. The van der Waals surface area contributed by atoms with Crippen molar-refractivity contribution in [3.8, 4) is 0 Å². The average Bonchev–Trinajstić information content (AvgIpc) is 2.80. The van der Waals surface area contributed by atoms with Crippen molar-refractivity contribution in [3.63, 3.8) is 0 Å². The molecule has 0 atom stereocenters. The smallest absolute Gasteiger partial charge is 0.228 e. The molecule has 0 fully saturated rings. The van der Waals surface area contributed by atoms with Crippen molar-refractivity contribution < 1.29 is 9.18 Å². The number of aromatic nitrogens is 2. The van der Waals surface area contributed by atoms with E-state index in [9.17, 15) is 9.18 Å². The monoisotopic (exact) mass is 246 g/mol. The Morgan fingerprint density at radius 1 is 1.44 bits per heavy atom. The van der Waals surface area contributed by atoms with Crippen LogP contribution in [0.15, 0.2) is 30.6 Å². The van der Waals surface area contributed by atoms with E-state index in [0.29, 0.717) is 11.4 Å². The first-order chi connectivity index (χ1) is 8.63. The summed E-state index contributed by atoms with van der Waals surface area (Å²) in [6.45, 7) is 4.55. The zero-order valence-electron chi connectivity index (χ0n) is 10.5. The van der Waals surface area contributed by atoms with Crippen LogP contribution in [0.5, 0.6) is 0 Å². The summed E-state index contributed by atoms with van der Waals surface area (Å²) in [5.74, 6) is -0.270. The molecule has 1 aromatic carbocycles. The van der Waals surface area contributed by atoms with Crippen molar-refractivity contribution >= 4 is 5.78 Å². The third-order valence-electron chi connectivity index (χ3n) is 2.83. The Morgan fingerprint density at radius 2 is 2.22 bits per heavy atom. The van der Waals surface area contributed by atoms with Gasteiger partial charge in [-0.25, -0.2) is 9.37 Å². The van der Waals surface area contributed by atoms with Crippen LogP contribution in [0.25, 0.3) is 0 Å². The van der Waals surface area contributed by atoms with Crippen molar-refractivity contribution in [2.24, 2.45) is 0 Å². The number of hydrogen-bond donors (Lipinski definition) is 0. The number of carbonyl (C=O) groups is 1. The molecule has 0 spiro atoms. The Bertz CT molecular complexity index is 575. The summed E-state index contributed by atoms with van der Waals surface area (Å²) in [5, 5.41) is 0. The molecular formula is C14H15FN2O. The van der Waals surface area contributed by atoms with Gasteiger partial charge in [-0.3, -0.25) is 4.79 Å². The normalized spacial score (nSPS) is 10.6. The number of imidazole rings is 1. The highest BCUT2D eigenvalue weighted by atomic mass is 19.1. The Kier molecular flexibility index (Phi) is 3.55. The van der Waals surface area contributed by atoms with E-state index >= 15 is 0 Å². The van der Waals surface area contributed by atoms with E-state index < -0.39 is 5.82 Å². The Labute approximate surface area is 105 Å². The Balaban J connectivity index is 2.41. The fourth-order valence-corrected chi connectivity index (χ4v) is 1.90. The Morgan fingerprint density at radius 3 is 2.94 bits per heavy atom. The van der Waals surface area contributed by atoms with Crippen LogP contribution in [0.1, 0.15) is 35.1 Å². The van der Waals surface area contributed by atoms with E-state index in [-0.39, 0.29) is 5.78 Å². The van der Waals surface area contributed by atoms with E-state index in [4.69, 9.17) is 0 Å². The molecule has 0 amide bonds. The topological polar surface area (TPSA) is 34.9 Å². The average molecular weight is 246 g/mol. The van der Waals surface area contributed by atoms with Crippen molar-refractivity contribution in [2.75, 3.05) is 0 Å². The van der Waals surface area contributed by atoms with Gasteiger partial charge in [0.15, 0.2) is 5.82 Å². The summed E-state index contributed by atoms with van der Waals surface area (Å²) < 4.78 is 15.0. The van der Waals surface area contributed by atoms with Crippen LogP contribution < -0.4 is 0 Å². The molecule has 0 aliphatic heterocycles.